The van der Waals surface area contributed by atoms with Crippen LogP contribution >= 0.6 is 0 Å². The van der Waals surface area contributed by atoms with E-state index in [9.17, 15) is 19.2 Å². The summed E-state index contributed by atoms with van der Waals surface area (Å²) in [5.74, 6) is -1.51. The molecule has 0 bridgehead atoms. The van der Waals surface area contributed by atoms with Gasteiger partial charge in [0.1, 0.15) is 0 Å². The molecule has 112 valence electrons. The summed E-state index contributed by atoms with van der Waals surface area (Å²) in [6.45, 7) is 0.00377. The van der Waals surface area contributed by atoms with Crippen LogP contribution in [0.3, 0.4) is 0 Å². The molecule has 1 rings (SSSR count). The van der Waals surface area contributed by atoms with Crippen LogP contribution in [0.2, 0.25) is 0 Å². The topological polar surface area (TPSA) is 130 Å². The van der Waals surface area contributed by atoms with Gasteiger partial charge in [-0.15, -0.1) is 0 Å². The fourth-order valence-electron chi connectivity index (χ4n) is 1.83. The van der Waals surface area contributed by atoms with Gasteiger partial charge in [0.25, 0.3) is 5.91 Å². The summed E-state index contributed by atoms with van der Waals surface area (Å²) < 4.78 is 0. The van der Waals surface area contributed by atoms with Crippen LogP contribution in [0.5, 0.6) is 0 Å². The van der Waals surface area contributed by atoms with E-state index in [1.165, 1.54) is 0 Å². The van der Waals surface area contributed by atoms with E-state index >= 15 is 0 Å². The van der Waals surface area contributed by atoms with Crippen molar-refractivity contribution in [3.05, 3.63) is 0 Å². The van der Waals surface area contributed by atoms with Crippen LogP contribution in [0.15, 0.2) is 0 Å². The average molecular weight is 284 g/mol. The monoisotopic (exact) mass is 284 g/mol. The molecule has 4 amide bonds. The second-order valence-corrected chi connectivity index (χ2v) is 4.67. The zero-order valence-corrected chi connectivity index (χ0v) is 11.2. The fourth-order valence-corrected chi connectivity index (χ4v) is 1.83. The number of carbonyl (C=O) groups excluding carboxylic acids is 4. The normalized spacial score (nSPS) is 18.5. The Kier molecular flexibility index (Phi) is 6.65. The van der Waals surface area contributed by atoms with Crippen molar-refractivity contribution in [3.63, 3.8) is 0 Å². The Bertz CT molecular complexity index is 397. The number of rotatable bonds is 8. The minimum atomic E-state index is -0.852. The third kappa shape index (κ3) is 6.28. The Morgan fingerprint density at radius 3 is 2.40 bits per heavy atom. The highest BCUT2D eigenvalue weighted by Gasteiger charge is 2.26. The van der Waals surface area contributed by atoms with Crippen LogP contribution in [-0.2, 0) is 19.2 Å². The van der Waals surface area contributed by atoms with Gasteiger partial charge in [0.15, 0.2) is 6.17 Å². The Balaban J connectivity index is 2.10. The van der Waals surface area contributed by atoms with E-state index in [2.05, 4.69) is 16.0 Å². The van der Waals surface area contributed by atoms with Crippen molar-refractivity contribution in [2.24, 2.45) is 5.73 Å². The Hall–Kier alpha value is -1.96. The van der Waals surface area contributed by atoms with Crippen molar-refractivity contribution in [2.75, 3.05) is 6.54 Å². The molecule has 20 heavy (non-hydrogen) atoms. The van der Waals surface area contributed by atoms with Crippen molar-refractivity contribution >= 4 is 23.6 Å². The zero-order chi connectivity index (χ0) is 15.0. The van der Waals surface area contributed by atoms with Gasteiger partial charge in [-0.1, -0.05) is 12.8 Å². The van der Waals surface area contributed by atoms with Gasteiger partial charge in [-0.05, 0) is 12.8 Å². The van der Waals surface area contributed by atoms with Gasteiger partial charge in [-0.2, -0.15) is 0 Å². The fraction of sp³-hybridized carbons (Fsp3) is 0.667. The van der Waals surface area contributed by atoms with Gasteiger partial charge in [0, 0.05) is 12.8 Å². The first-order valence-electron chi connectivity index (χ1n) is 6.64. The number of imide groups is 1. The summed E-state index contributed by atoms with van der Waals surface area (Å²) in [6.07, 6.45) is 2.89. The van der Waals surface area contributed by atoms with Crippen molar-refractivity contribution in [1.29, 1.82) is 0 Å². The summed E-state index contributed by atoms with van der Waals surface area (Å²) in [7, 11) is 0. The highest BCUT2D eigenvalue weighted by molar-refractivity contribution is 6.02. The smallest absolute Gasteiger partial charge is 0.264 e. The zero-order valence-electron chi connectivity index (χ0n) is 11.2. The highest BCUT2D eigenvalue weighted by atomic mass is 16.2. The molecular formula is C12H20N4O4. The number of nitrogens with two attached hydrogens (primary N) is 1. The molecule has 1 saturated heterocycles. The molecule has 8 nitrogen and oxygen atoms in total. The van der Waals surface area contributed by atoms with E-state index in [1.54, 1.807) is 0 Å². The summed E-state index contributed by atoms with van der Waals surface area (Å²) in [4.78, 5) is 44.3. The summed E-state index contributed by atoms with van der Waals surface area (Å²) in [5, 5.41) is 7.27. The number of hydrogen-bond donors (Lipinski definition) is 4. The number of primary amides is 1. The van der Waals surface area contributed by atoms with Crippen molar-refractivity contribution in [1.82, 2.24) is 16.0 Å². The van der Waals surface area contributed by atoms with Crippen molar-refractivity contribution in [2.45, 2.75) is 44.7 Å². The lowest BCUT2D eigenvalue weighted by atomic mass is 10.1. The quantitative estimate of drug-likeness (QED) is 0.318. The molecule has 0 aromatic heterocycles. The van der Waals surface area contributed by atoms with E-state index in [1.807, 2.05) is 0 Å². The Labute approximate surface area is 116 Å². The second kappa shape index (κ2) is 8.26. The maximum absolute atomic E-state index is 11.6. The Morgan fingerprint density at radius 1 is 1.15 bits per heavy atom. The van der Waals surface area contributed by atoms with E-state index in [-0.39, 0.29) is 18.4 Å². The SMILES string of the molecule is NC(=O)CCCCCCC(=O)NC1NCC(=O)NC1=O. The molecular weight excluding hydrogens is 264 g/mol. The van der Waals surface area contributed by atoms with E-state index in [4.69, 9.17) is 5.73 Å². The molecule has 1 aliphatic heterocycles. The lowest BCUT2D eigenvalue weighted by Gasteiger charge is -2.23. The summed E-state index contributed by atoms with van der Waals surface area (Å²) in [5.41, 5.74) is 5.01. The van der Waals surface area contributed by atoms with Crippen molar-refractivity contribution in [3.8, 4) is 0 Å². The largest absolute Gasteiger partial charge is 0.370 e. The molecule has 0 radical (unpaired) electrons. The number of piperazine rings is 1. The van der Waals surface area contributed by atoms with Gasteiger partial charge >= 0.3 is 0 Å². The predicted octanol–water partition coefficient (Wildman–Crippen LogP) is -1.50. The van der Waals surface area contributed by atoms with E-state index in [0.29, 0.717) is 19.3 Å². The molecule has 1 unspecified atom stereocenters. The van der Waals surface area contributed by atoms with E-state index in [0.717, 1.165) is 19.3 Å². The predicted molar refractivity (Wildman–Crippen MR) is 70.0 cm³/mol. The lowest BCUT2D eigenvalue weighted by molar-refractivity contribution is -0.137. The van der Waals surface area contributed by atoms with Crippen molar-refractivity contribution < 1.29 is 19.2 Å². The molecule has 0 spiro atoms. The third-order valence-electron chi connectivity index (χ3n) is 2.87. The van der Waals surface area contributed by atoms with Gasteiger partial charge in [-0.3, -0.25) is 29.8 Å². The molecule has 8 heteroatoms. The van der Waals surface area contributed by atoms with Crippen LogP contribution in [0.25, 0.3) is 0 Å². The lowest BCUT2D eigenvalue weighted by Crippen LogP contribution is -2.62. The molecule has 0 aromatic rings. The molecule has 0 aliphatic carbocycles. The maximum Gasteiger partial charge on any atom is 0.264 e. The third-order valence-corrected chi connectivity index (χ3v) is 2.87. The van der Waals surface area contributed by atoms with Crippen LogP contribution in [-0.4, -0.2) is 36.3 Å². The first-order valence-corrected chi connectivity index (χ1v) is 6.64. The van der Waals surface area contributed by atoms with Crippen LogP contribution in [0, 0.1) is 0 Å². The number of nitrogens with one attached hydrogen (secondary N) is 3. The number of carbonyl (C=O) groups is 4. The second-order valence-electron chi connectivity index (χ2n) is 4.67. The standard InChI is InChI=1S/C12H20N4O4/c13-8(17)5-3-1-2-4-6-9(18)15-11-12(20)16-10(19)7-14-11/h11,14H,1-7H2,(H2,13,17)(H,15,18)(H,16,19,20). The highest BCUT2D eigenvalue weighted by Crippen LogP contribution is 2.05. The molecule has 5 N–H and O–H groups in total. The molecule has 1 aliphatic rings. The van der Waals surface area contributed by atoms with E-state index < -0.39 is 18.0 Å². The minimum absolute atomic E-state index is 0.00377. The molecule has 1 fully saturated rings. The Morgan fingerprint density at radius 2 is 1.80 bits per heavy atom. The number of amides is 4. The first kappa shape index (κ1) is 16.1. The number of hydrogen-bond acceptors (Lipinski definition) is 5. The van der Waals surface area contributed by atoms with Crippen LogP contribution < -0.4 is 21.7 Å². The van der Waals surface area contributed by atoms with Gasteiger partial charge in [0.05, 0.1) is 6.54 Å². The minimum Gasteiger partial charge on any atom is -0.370 e. The molecule has 0 aromatic carbocycles. The molecule has 1 atom stereocenters. The average Bonchev–Trinajstić information content (AvgIpc) is 2.36. The summed E-state index contributed by atoms with van der Waals surface area (Å²) >= 11 is 0. The maximum atomic E-state index is 11.6. The van der Waals surface area contributed by atoms with Gasteiger partial charge in [-0.25, -0.2) is 0 Å². The first-order chi connectivity index (χ1) is 9.49. The van der Waals surface area contributed by atoms with Crippen LogP contribution in [0.4, 0.5) is 0 Å². The molecule has 0 saturated carbocycles. The van der Waals surface area contributed by atoms with Gasteiger partial charge in [0.2, 0.25) is 17.7 Å². The molecule has 1 heterocycles. The van der Waals surface area contributed by atoms with Crippen LogP contribution in [0.1, 0.15) is 38.5 Å². The number of unbranched alkanes of at least 4 members (excludes halogenated alkanes) is 3. The summed E-state index contributed by atoms with van der Waals surface area (Å²) in [6, 6.07) is 0. The van der Waals surface area contributed by atoms with Gasteiger partial charge < -0.3 is 11.1 Å².